The lowest BCUT2D eigenvalue weighted by atomic mass is 9.90. The number of aromatic hydroxyl groups is 2. The van der Waals surface area contributed by atoms with Crippen molar-refractivity contribution in [2.75, 3.05) is 6.61 Å². The van der Waals surface area contributed by atoms with E-state index >= 15 is 0 Å². The van der Waals surface area contributed by atoms with Gasteiger partial charge < -0.3 is 14.9 Å². The molecule has 5 rings (SSSR count). The molecule has 0 radical (unpaired) electrons. The highest BCUT2D eigenvalue weighted by atomic mass is 16.5. The monoisotopic (exact) mass is 475 g/mol. The van der Waals surface area contributed by atoms with Crippen molar-refractivity contribution in [2.24, 2.45) is 4.99 Å². The zero-order valence-corrected chi connectivity index (χ0v) is 20.1. The van der Waals surface area contributed by atoms with E-state index in [9.17, 15) is 10.2 Å². The number of phenols is 2. The van der Waals surface area contributed by atoms with Crippen LogP contribution in [0.2, 0.25) is 0 Å². The van der Waals surface area contributed by atoms with Gasteiger partial charge in [0.05, 0.1) is 6.61 Å². The first kappa shape index (κ1) is 23.4. The highest BCUT2D eigenvalue weighted by Crippen LogP contribution is 2.34. The van der Waals surface area contributed by atoms with Crippen LogP contribution in [-0.4, -0.2) is 23.0 Å². The van der Waals surface area contributed by atoms with E-state index in [-0.39, 0.29) is 11.5 Å². The van der Waals surface area contributed by atoms with E-state index in [1.807, 2.05) is 48.8 Å². The second kappa shape index (κ2) is 11.0. The van der Waals surface area contributed by atoms with Gasteiger partial charge in [-0.2, -0.15) is 0 Å². The Hall–Kier alpha value is -4.31. The Labute approximate surface area is 211 Å². The van der Waals surface area contributed by atoms with Crippen molar-refractivity contribution < 1.29 is 14.9 Å². The number of fused-ring (bicyclic) bond motifs is 1. The largest absolute Gasteiger partial charge is 0.508 e. The second-order valence-electron chi connectivity index (χ2n) is 8.99. The summed E-state index contributed by atoms with van der Waals surface area (Å²) in [5.41, 5.74) is 5.74. The van der Waals surface area contributed by atoms with Gasteiger partial charge in [-0.15, -0.1) is 0 Å². The molecule has 36 heavy (non-hydrogen) atoms. The molecule has 4 aromatic carbocycles. The van der Waals surface area contributed by atoms with E-state index < -0.39 is 0 Å². The van der Waals surface area contributed by atoms with Crippen LogP contribution in [0.3, 0.4) is 0 Å². The summed E-state index contributed by atoms with van der Waals surface area (Å²) in [5, 5.41) is 21.8. The first-order chi connectivity index (χ1) is 17.7. The molecule has 0 aliphatic carbocycles. The van der Waals surface area contributed by atoms with Crippen molar-refractivity contribution in [1.82, 2.24) is 0 Å². The highest BCUT2D eigenvalue weighted by Gasteiger charge is 2.12. The topological polar surface area (TPSA) is 62.0 Å². The fraction of sp³-hybridized carbons (Fsp3) is 0.156. The van der Waals surface area contributed by atoms with Crippen molar-refractivity contribution >= 4 is 17.0 Å². The molecule has 0 aromatic heterocycles. The van der Waals surface area contributed by atoms with Crippen LogP contribution in [0.5, 0.6) is 17.2 Å². The minimum Gasteiger partial charge on any atom is -0.508 e. The summed E-state index contributed by atoms with van der Waals surface area (Å²) in [7, 11) is 0. The third kappa shape index (κ3) is 5.66. The molecule has 180 valence electrons. The molecule has 4 heteroatoms. The standard InChI is InChI=1S/C32H29NO3/c34-27-11-8-25(9-12-27)30-16-10-26-21-28(35)13-17-31(26)32(30)20-23-6-14-29(15-7-23)36-19-3-5-24-4-1-2-18-33-22-24/h1,4,6-18,21-22,34-35H,2-3,5,19-20H2. The Bertz CT molecular complexity index is 1430. The smallest absolute Gasteiger partial charge is 0.119 e. The van der Waals surface area contributed by atoms with E-state index in [4.69, 9.17) is 4.74 Å². The molecule has 4 nitrogen and oxygen atoms in total. The third-order valence-corrected chi connectivity index (χ3v) is 6.40. The molecule has 4 aromatic rings. The molecule has 1 aliphatic heterocycles. The number of nitrogens with zero attached hydrogens (tertiary/aromatic N) is 1. The molecule has 1 heterocycles. The Morgan fingerprint density at radius 1 is 0.833 bits per heavy atom. The molecule has 0 saturated heterocycles. The van der Waals surface area contributed by atoms with Crippen molar-refractivity contribution in [3.63, 3.8) is 0 Å². The minimum atomic E-state index is 0.248. The summed E-state index contributed by atoms with van der Waals surface area (Å²) in [4.78, 5) is 4.27. The number of rotatable bonds is 8. The van der Waals surface area contributed by atoms with Gasteiger partial charge in [0.15, 0.2) is 0 Å². The van der Waals surface area contributed by atoms with Gasteiger partial charge in [0, 0.05) is 18.8 Å². The van der Waals surface area contributed by atoms with Gasteiger partial charge in [0.2, 0.25) is 0 Å². The van der Waals surface area contributed by atoms with Crippen molar-refractivity contribution in [1.29, 1.82) is 0 Å². The average molecular weight is 476 g/mol. The summed E-state index contributed by atoms with van der Waals surface area (Å²) >= 11 is 0. The number of hydrogen-bond acceptors (Lipinski definition) is 4. The molecule has 0 amide bonds. The Morgan fingerprint density at radius 2 is 1.64 bits per heavy atom. The van der Waals surface area contributed by atoms with E-state index in [2.05, 4.69) is 35.3 Å². The van der Waals surface area contributed by atoms with Crippen molar-refractivity contribution in [3.05, 3.63) is 114 Å². The van der Waals surface area contributed by atoms with Crippen molar-refractivity contribution in [3.8, 4) is 28.4 Å². The van der Waals surface area contributed by atoms with Crippen LogP contribution >= 0.6 is 0 Å². The van der Waals surface area contributed by atoms with Gasteiger partial charge in [-0.3, -0.25) is 4.99 Å². The van der Waals surface area contributed by atoms with Gasteiger partial charge in [-0.1, -0.05) is 54.6 Å². The summed E-state index contributed by atoms with van der Waals surface area (Å²) in [6.07, 6.45) is 11.6. The minimum absolute atomic E-state index is 0.248. The van der Waals surface area contributed by atoms with Gasteiger partial charge in [0.1, 0.15) is 17.2 Å². The van der Waals surface area contributed by atoms with Gasteiger partial charge >= 0.3 is 0 Å². The number of benzene rings is 4. The quantitative estimate of drug-likeness (QED) is 0.258. The fourth-order valence-electron chi connectivity index (χ4n) is 4.54. The van der Waals surface area contributed by atoms with Gasteiger partial charge in [-0.25, -0.2) is 0 Å². The Balaban J connectivity index is 1.32. The molecule has 0 saturated carbocycles. The predicted molar refractivity (Wildman–Crippen MR) is 147 cm³/mol. The molecule has 0 fully saturated rings. The molecule has 0 unspecified atom stereocenters. The number of phenolic OH excluding ortho intramolecular Hbond substituents is 2. The maximum absolute atomic E-state index is 9.98. The lowest BCUT2D eigenvalue weighted by Gasteiger charge is -2.15. The third-order valence-electron chi connectivity index (χ3n) is 6.40. The van der Waals surface area contributed by atoms with E-state index in [1.54, 1.807) is 24.3 Å². The SMILES string of the molecule is Oc1ccc(-c2ccc3cc(O)ccc3c2Cc2ccc(OCCCC3=CN=CCC=C3)cc2)cc1. The molecule has 0 spiro atoms. The van der Waals surface area contributed by atoms with Crippen LogP contribution in [-0.2, 0) is 6.42 Å². The van der Waals surface area contributed by atoms with Crippen LogP contribution in [0.4, 0.5) is 0 Å². The fourth-order valence-corrected chi connectivity index (χ4v) is 4.54. The van der Waals surface area contributed by atoms with Crippen LogP contribution in [0, 0.1) is 0 Å². The lowest BCUT2D eigenvalue weighted by molar-refractivity contribution is 0.311. The average Bonchev–Trinajstić information content (AvgIpc) is 3.17. The number of aliphatic imine (C=N–C) groups is 1. The number of hydrogen-bond donors (Lipinski definition) is 2. The number of ether oxygens (including phenoxy) is 1. The lowest BCUT2D eigenvalue weighted by Crippen LogP contribution is -1.98. The van der Waals surface area contributed by atoms with Crippen molar-refractivity contribution in [2.45, 2.75) is 25.7 Å². The van der Waals surface area contributed by atoms with Crippen LogP contribution in [0.25, 0.3) is 21.9 Å². The maximum atomic E-state index is 9.98. The molecular formula is C32H29NO3. The summed E-state index contributed by atoms with van der Waals surface area (Å²) in [6.45, 7) is 0.659. The van der Waals surface area contributed by atoms with Crippen LogP contribution in [0.15, 0.2) is 108 Å². The Morgan fingerprint density at radius 3 is 2.47 bits per heavy atom. The molecule has 0 bridgehead atoms. The normalized spacial score (nSPS) is 12.9. The second-order valence-corrected chi connectivity index (χ2v) is 8.99. The highest BCUT2D eigenvalue weighted by molar-refractivity contribution is 5.93. The molecule has 0 atom stereocenters. The van der Waals surface area contributed by atoms with Crippen LogP contribution < -0.4 is 4.74 Å². The Kier molecular flexibility index (Phi) is 7.13. The first-order valence-corrected chi connectivity index (χ1v) is 12.3. The summed E-state index contributed by atoms with van der Waals surface area (Å²) < 4.78 is 5.98. The zero-order valence-electron chi connectivity index (χ0n) is 20.1. The van der Waals surface area contributed by atoms with Crippen LogP contribution in [0.1, 0.15) is 30.4 Å². The van der Waals surface area contributed by atoms with E-state index in [1.165, 1.54) is 16.7 Å². The predicted octanol–water partition coefficient (Wildman–Crippen LogP) is 7.58. The molecule has 1 aliphatic rings. The number of allylic oxidation sites excluding steroid dienone is 3. The van der Waals surface area contributed by atoms with Gasteiger partial charge in [0.25, 0.3) is 0 Å². The summed E-state index contributed by atoms with van der Waals surface area (Å²) in [5.74, 6) is 1.37. The summed E-state index contributed by atoms with van der Waals surface area (Å²) in [6, 6.07) is 25.2. The maximum Gasteiger partial charge on any atom is 0.119 e. The van der Waals surface area contributed by atoms with E-state index in [0.717, 1.165) is 53.3 Å². The van der Waals surface area contributed by atoms with Gasteiger partial charge in [-0.05, 0) is 94.3 Å². The molecular weight excluding hydrogens is 446 g/mol. The zero-order chi connectivity index (χ0) is 24.7. The first-order valence-electron chi connectivity index (χ1n) is 12.3. The van der Waals surface area contributed by atoms with E-state index in [0.29, 0.717) is 6.61 Å². The molecule has 2 N–H and O–H groups in total.